The van der Waals surface area contributed by atoms with Gasteiger partial charge in [-0.05, 0) is 12.1 Å². The summed E-state index contributed by atoms with van der Waals surface area (Å²) in [5.41, 5.74) is -0.795. The van der Waals surface area contributed by atoms with Gasteiger partial charge in [-0.1, -0.05) is 0 Å². The Labute approximate surface area is 87.0 Å². The lowest BCUT2D eigenvalue weighted by atomic mass is 10.3. The zero-order valence-electron chi connectivity index (χ0n) is 7.54. The van der Waals surface area contributed by atoms with Crippen molar-refractivity contribution in [2.75, 3.05) is 5.32 Å². The van der Waals surface area contributed by atoms with Gasteiger partial charge in [0.25, 0.3) is 5.69 Å². The molecule has 1 rings (SSSR count). The number of non-ortho nitro benzene ring substituents is 1. The molecule has 1 amide bonds. The standard InChI is InChI=1S/C8H4F3N2O3/c9-8(10,11)7(14)12-5-2-1-3-6(4-5)13(15)16/h2-4H,(H,12,14). The van der Waals surface area contributed by atoms with E-state index in [0.29, 0.717) is 0 Å². The topological polar surface area (TPSA) is 72.2 Å². The normalized spacial score (nSPS) is 10.9. The van der Waals surface area contributed by atoms with Crippen LogP contribution in [0.1, 0.15) is 0 Å². The second kappa shape index (κ2) is 4.17. The van der Waals surface area contributed by atoms with Gasteiger partial charge in [-0.2, -0.15) is 13.2 Å². The maximum Gasteiger partial charge on any atom is 0.471 e. The molecule has 0 atom stereocenters. The molecule has 0 spiro atoms. The van der Waals surface area contributed by atoms with Crippen LogP contribution in [0.25, 0.3) is 0 Å². The number of carbonyl (C=O) groups is 1. The number of halogens is 3. The number of hydrogen-bond acceptors (Lipinski definition) is 3. The van der Waals surface area contributed by atoms with Gasteiger partial charge < -0.3 is 5.32 Å². The highest BCUT2D eigenvalue weighted by molar-refractivity contribution is 5.95. The van der Waals surface area contributed by atoms with Gasteiger partial charge in [0, 0.05) is 17.8 Å². The van der Waals surface area contributed by atoms with Crippen molar-refractivity contribution in [2.45, 2.75) is 6.18 Å². The van der Waals surface area contributed by atoms with Crippen LogP contribution in [0.3, 0.4) is 0 Å². The van der Waals surface area contributed by atoms with E-state index in [1.807, 2.05) is 0 Å². The minimum Gasteiger partial charge on any atom is -0.318 e. The van der Waals surface area contributed by atoms with Crippen LogP contribution in [0.4, 0.5) is 24.5 Å². The van der Waals surface area contributed by atoms with Crippen molar-refractivity contribution in [2.24, 2.45) is 0 Å². The molecule has 0 aromatic heterocycles. The Morgan fingerprint density at radius 2 is 2.06 bits per heavy atom. The Hall–Kier alpha value is -2.12. The predicted octanol–water partition coefficient (Wildman–Crippen LogP) is 1.90. The van der Waals surface area contributed by atoms with E-state index in [-0.39, 0.29) is 5.69 Å². The third-order valence-corrected chi connectivity index (χ3v) is 1.50. The lowest BCUT2D eigenvalue weighted by molar-refractivity contribution is -0.384. The first-order valence-corrected chi connectivity index (χ1v) is 3.84. The monoisotopic (exact) mass is 233 g/mol. The smallest absolute Gasteiger partial charge is 0.318 e. The number of nitrogens with zero attached hydrogens (tertiary/aromatic N) is 1. The summed E-state index contributed by atoms with van der Waals surface area (Å²) in [6, 6.07) is 5.02. The summed E-state index contributed by atoms with van der Waals surface area (Å²) in [5.74, 6) is -2.19. The number of alkyl halides is 3. The average Bonchev–Trinajstić information content (AvgIpc) is 2.16. The van der Waals surface area contributed by atoms with Gasteiger partial charge in [0.2, 0.25) is 0 Å². The van der Waals surface area contributed by atoms with Crippen LogP contribution in [0.5, 0.6) is 0 Å². The summed E-state index contributed by atoms with van der Waals surface area (Å²) in [6.45, 7) is 0. The van der Waals surface area contributed by atoms with Gasteiger partial charge in [-0.25, -0.2) is 0 Å². The van der Waals surface area contributed by atoms with Crippen LogP contribution in [0.15, 0.2) is 18.2 Å². The summed E-state index contributed by atoms with van der Waals surface area (Å²) in [5, 5.41) is 11.8. The highest BCUT2D eigenvalue weighted by atomic mass is 19.4. The number of nitrogens with one attached hydrogen (secondary N) is 1. The number of carbonyl (C=O) groups excluding carboxylic acids is 1. The first-order chi connectivity index (χ1) is 7.30. The number of nitro benzene ring substituents is 1. The van der Waals surface area contributed by atoms with Gasteiger partial charge in [0.1, 0.15) is 0 Å². The SMILES string of the molecule is O=C(Nc1c[c]cc([N+](=O)[O-])c1)C(F)(F)F. The molecule has 0 aliphatic rings. The summed E-state index contributed by atoms with van der Waals surface area (Å²) in [6.07, 6.45) is -5.04. The first-order valence-electron chi connectivity index (χ1n) is 3.84. The number of hydrogen-bond donors (Lipinski definition) is 1. The van der Waals surface area contributed by atoms with Gasteiger partial charge in [-0.3, -0.25) is 14.9 Å². The van der Waals surface area contributed by atoms with Crippen molar-refractivity contribution in [3.8, 4) is 0 Å². The Balaban J connectivity index is 2.87. The number of amides is 1. The van der Waals surface area contributed by atoms with Crippen molar-refractivity contribution >= 4 is 17.3 Å². The lowest BCUT2D eigenvalue weighted by Crippen LogP contribution is -2.29. The fraction of sp³-hybridized carbons (Fsp3) is 0.125. The molecule has 0 bridgehead atoms. The van der Waals surface area contributed by atoms with Crippen molar-refractivity contribution in [1.29, 1.82) is 0 Å². The van der Waals surface area contributed by atoms with Crippen molar-refractivity contribution < 1.29 is 22.9 Å². The van der Waals surface area contributed by atoms with E-state index in [0.717, 1.165) is 18.2 Å². The minimum atomic E-state index is -5.04. The maximum atomic E-state index is 11.8. The third-order valence-electron chi connectivity index (χ3n) is 1.50. The van der Waals surface area contributed by atoms with E-state index >= 15 is 0 Å². The molecule has 8 heteroatoms. The molecule has 0 unspecified atom stereocenters. The van der Waals surface area contributed by atoms with Gasteiger partial charge >= 0.3 is 12.1 Å². The molecule has 16 heavy (non-hydrogen) atoms. The van der Waals surface area contributed by atoms with Crippen LogP contribution in [-0.4, -0.2) is 17.0 Å². The molecule has 1 N–H and O–H groups in total. The summed E-state index contributed by atoms with van der Waals surface area (Å²) >= 11 is 0. The molecule has 0 fully saturated rings. The Kier molecular flexibility index (Phi) is 3.11. The largest absolute Gasteiger partial charge is 0.471 e. The van der Waals surface area contributed by atoms with Crippen LogP contribution in [0, 0.1) is 16.2 Å². The molecule has 0 saturated heterocycles. The molecule has 0 heterocycles. The zero-order valence-corrected chi connectivity index (χ0v) is 7.54. The van der Waals surface area contributed by atoms with Crippen molar-refractivity contribution in [3.05, 3.63) is 34.4 Å². The quantitative estimate of drug-likeness (QED) is 0.626. The molecule has 0 aliphatic heterocycles. The fourth-order valence-corrected chi connectivity index (χ4v) is 0.839. The van der Waals surface area contributed by atoms with Gasteiger partial charge in [0.05, 0.1) is 4.92 Å². The molecule has 0 saturated carbocycles. The highest BCUT2D eigenvalue weighted by Crippen LogP contribution is 2.20. The maximum absolute atomic E-state index is 11.8. The number of benzene rings is 1. The molecular weight excluding hydrogens is 229 g/mol. The van der Waals surface area contributed by atoms with Crippen molar-refractivity contribution in [3.63, 3.8) is 0 Å². The molecule has 1 aromatic rings. The van der Waals surface area contributed by atoms with Crippen LogP contribution >= 0.6 is 0 Å². The second-order valence-corrected chi connectivity index (χ2v) is 2.69. The number of rotatable bonds is 2. The Morgan fingerprint density at radius 1 is 1.44 bits per heavy atom. The first kappa shape index (κ1) is 12.0. The Bertz CT molecular complexity index is 431. The van der Waals surface area contributed by atoms with Crippen LogP contribution < -0.4 is 5.32 Å². The molecule has 85 valence electrons. The van der Waals surface area contributed by atoms with Crippen LogP contribution in [0.2, 0.25) is 0 Å². The number of anilines is 1. The van der Waals surface area contributed by atoms with E-state index < -0.39 is 22.7 Å². The van der Waals surface area contributed by atoms with E-state index in [2.05, 4.69) is 6.07 Å². The van der Waals surface area contributed by atoms with Crippen LogP contribution in [-0.2, 0) is 4.79 Å². The lowest BCUT2D eigenvalue weighted by Gasteiger charge is -2.06. The average molecular weight is 233 g/mol. The molecule has 5 nitrogen and oxygen atoms in total. The zero-order chi connectivity index (χ0) is 12.3. The van der Waals surface area contributed by atoms with Gasteiger partial charge in [-0.15, -0.1) is 0 Å². The molecule has 0 aliphatic carbocycles. The summed E-state index contributed by atoms with van der Waals surface area (Å²) in [4.78, 5) is 20.0. The summed E-state index contributed by atoms with van der Waals surface area (Å²) < 4.78 is 35.5. The second-order valence-electron chi connectivity index (χ2n) is 2.69. The van der Waals surface area contributed by atoms with E-state index in [1.165, 1.54) is 5.32 Å². The fourth-order valence-electron chi connectivity index (χ4n) is 0.839. The summed E-state index contributed by atoms with van der Waals surface area (Å²) in [7, 11) is 0. The minimum absolute atomic E-state index is 0.337. The predicted molar refractivity (Wildman–Crippen MR) is 46.6 cm³/mol. The Morgan fingerprint density at radius 3 is 2.56 bits per heavy atom. The van der Waals surface area contributed by atoms with Crippen molar-refractivity contribution in [1.82, 2.24) is 0 Å². The number of nitro groups is 1. The van der Waals surface area contributed by atoms with E-state index in [4.69, 9.17) is 0 Å². The highest BCUT2D eigenvalue weighted by Gasteiger charge is 2.38. The van der Waals surface area contributed by atoms with Gasteiger partial charge in [0.15, 0.2) is 0 Å². The molecule has 1 aromatic carbocycles. The van der Waals surface area contributed by atoms with E-state index in [9.17, 15) is 28.1 Å². The molecule has 1 radical (unpaired) electrons. The molecular formula is C8H4F3N2O3. The third kappa shape index (κ3) is 2.94. The van der Waals surface area contributed by atoms with E-state index in [1.54, 1.807) is 0 Å².